The molecule has 0 bridgehead atoms. The van der Waals surface area contributed by atoms with Gasteiger partial charge in [-0.25, -0.2) is 0 Å². The number of methoxy groups -OCH3 is 3. The molecule has 0 saturated carbocycles. The van der Waals surface area contributed by atoms with Crippen LogP contribution in [-0.4, -0.2) is 33.0 Å². The third kappa shape index (κ3) is 3.54. The Morgan fingerprint density at radius 2 is 1.72 bits per heavy atom. The maximum absolute atomic E-state index is 12.9. The number of hydrogen-bond donors (Lipinski definition) is 1. The largest absolute Gasteiger partial charge is 0.496 e. The fourth-order valence-electron chi connectivity index (χ4n) is 2.93. The third-order valence-corrected chi connectivity index (χ3v) is 5.34. The summed E-state index contributed by atoms with van der Waals surface area (Å²) in [5.41, 5.74) is 1.59. The third-order valence-electron chi connectivity index (χ3n) is 4.21. The van der Waals surface area contributed by atoms with Crippen molar-refractivity contribution in [3.05, 3.63) is 47.5 Å². The summed E-state index contributed by atoms with van der Waals surface area (Å²) < 4.78 is 15.9. The van der Waals surface area contributed by atoms with Crippen LogP contribution in [0.1, 0.15) is 28.4 Å². The maximum Gasteiger partial charge on any atom is 0.255 e. The van der Waals surface area contributed by atoms with Crippen molar-refractivity contribution in [1.29, 1.82) is 0 Å². The second kappa shape index (κ2) is 7.70. The summed E-state index contributed by atoms with van der Waals surface area (Å²) in [6.07, 6.45) is 0.892. The van der Waals surface area contributed by atoms with Crippen LogP contribution < -0.4 is 19.5 Å². The Bertz CT molecular complexity index is 778. The second-order valence-corrected chi connectivity index (χ2v) is 6.75. The Morgan fingerprint density at radius 3 is 2.44 bits per heavy atom. The number of carbonyl (C=O) groups is 1. The lowest BCUT2D eigenvalue weighted by Gasteiger charge is -2.26. The molecule has 1 aliphatic heterocycles. The molecule has 0 aliphatic carbocycles. The summed E-state index contributed by atoms with van der Waals surface area (Å²) in [6, 6.07) is 11.5. The molecule has 2 aromatic carbocycles. The molecule has 1 amide bonds. The number of amides is 1. The van der Waals surface area contributed by atoms with Crippen LogP contribution in [0.15, 0.2) is 41.3 Å². The average molecular weight is 359 g/mol. The first-order valence-corrected chi connectivity index (χ1v) is 8.99. The number of rotatable bonds is 5. The standard InChI is InChI=1S/C19H21NO4S/c1-22-15-11-17(24-3)16(23-2)10-13(15)19(21)20-14-8-9-25-18-7-5-4-6-12(14)18/h4-7,10-11,14H,8-9H2,1-3H3,(H,20,21)/t14-/m0/s1. The van der Waals surface area contributed by atoms with Crippen molar-refractivity contribution < 1.29 is 19.0 Å². The highest BCUT2D eigenvalue weighted by atomic mass is 32.2. The van der Waals surface area contributed by atoms with Crippen molar-refractivity contribution in [3.8, 4) is 17.2 Å². The SMILES string of the molecule is COc1cc(OC)c(C(=O)N[C@H]2CCSc3ccccc32)cc1OC. The van der Waals surface area contributed by atoms with Gasteiger partial charge in [0.05, 0.1) is 32.9 Å². The summed E-state index contributed by atoms with van der Waals surface area (Å²) in [4.78, 5) is 14.1. The first kappa shape index (κ1) is 17.5. The molecule has 2 aromatic rings. The van der Waals surface area contributed by atoms with Gasteiger partial charge in [-0.15, -0.1) is 11.8 Å². The normalized spacial score (nSPS) is 15.9. The van der Waals surface area contributed by atoms with Gasteiger partial charge in [0.1, 0.15) is 5.75 Å². The van der Waals surface area contributed by atoms with Gasteiger partial charge in [0.2, 0.25) is 0 Å². The van der Waals surface area contributed by atoms with Crippen LogP contribution in [0.4, 0.5) is 0 Å². The maximum atomic E-state index is 12.9. The van der Waals surface area contributed by atoms with E-state index in [0.29, 0.717) is 22.8 Å². The summed E-state index contributed by atoms with van der Waals surface area (Å²) >= 11 is 1.82. The van der Waals surface area contributed by atoms with Crippen LogP contribution in [0.3, 0.4) is 0 Å². The van der Waals surface area contributed by atoms with E-state index in [1.54, 1.807) is 26.4 Å². The fourth-order valence-corrected chi connectivity index (χ4v) is 4.06. The molecule has 0 aromatic heterocycles. The van der Waals surface area contributed by atoms with Crippen molar-refractivity contribution in [3.63, 3.8) is 0 Å². The molecule has 132 valence electrons. The van der Waals surface area contributed by atoms with Gasteiger partial charge in [-0.3, -0.25) is 4.79 Å². The zero-order chi connectivity index (χ0) is 17.8. The Labute approximate surface area is 151 Å². The minimum Gasteiger partial charge on any atom is -0.496 e. The molecular formula is C19H21NO4S. The van der Waals surface area contributed by atoms with E-state index in [2.05, 4.69) is 17.4 Å². The van der Waals surface area contributed by atoms with Crippen molar-refractivity contribution in [2.45, 2.75) is 17.4 Å². The zero-order valence-corrected chi connectivity index (χ0v) is 15.3. The van der Waals surface area contributed by atoms with Gasteiger partial charge in [0, 0.05) is 22.8 Å². The fraction of sp³-hybridized carbons (Fsp3) is 0.316. The zero-order valence-electron chi connectivity index (χ0n) is 14.5. The van der Waals surface area contributed by atoms with Crippen LogP contribution in [-0.2, 0) is 0 Å². The first-order chi connectivity index (χ1) is 12.2. The molecule has 0 fully saturated rings. The minimum absolute atomic E-state index is 0.0113. The highest BCUT2D eigenvalue weighted by molar-refractivity contribution is 7.99. The Morgan fingerprint density at radius 1 is 1.04 bits per heavy atom. The molecule has 1 heterocycles. The average Bonchev–Trinajstić information content (AvgIpc) is 2.67. The van der Waals surface area contributed by atoms with Gasteiger partial charge in [-0.05, 0) is 18.1 Å². The molecule has 0 spiro atoms. The molecular weight excluding hydrogens is 338 g/mol. The molecule has 5 nitrogen and oxygen atoms in total. The summed E-state index contributed by atoms with van der Waals surface area (Å²) in [6.45, 7) is 0. The molecule has 1 N–H and O–H groups in total. The molecule has 3 rings (SSSR count). The van der Waals surface area contributed by atoms with E-state index in [9.17, 15) is 4.79 Å². The predicted molar refractivity (Wildman–Crippen MR) is 98.1 cm³/mol. The van der Waals surface area contributed by atoms with E-state index in [0.717, 1.165) is 17.7 Å². The molecule has 1 aliphatic rings. The van der Waals surface area contributed by atoms with Crippen LogP contribution in [0.25, 0.3) is 0 Å². The highest BCUT2D eigenvalue weighted by Gasteiger charge is 2.24. The minimum atomic E-state index is -0.190. The van der Waals surface area contributed by atoms with E-state index >= 15 is 0 Å². The van der Waals surface area contributed by atoms with Crippen LogP contribution in [0.5, 0.6) is 17.2 Å². The van der Waals surface area contributed by atoms with Crippen molar-refractivity contribution in [1.82, 2.24) is 5.32 Å². The lowest BCUT2D eigenvalue weighted by Crippen LogP contribution is -2.31. The van der Waals surface area contributed by atoms with Crippen LogP contribution >= 0.6 is 11.8 Å². The summed E-state index contributed by atoms with van der Waals surface area (Å²) in [5.74, 6) is 2.26. The molecule has 0 radical (unpaired) electrons. The number of benzene rings is 2. The number of hydrogen-bond acceptors (Lipinski definition) is 5. The Kier molecular flexibility index (Phi) is 5.38. The molecule has 25 heavy (non-hydrogen) atoms. The Hall–Kier alpha value is -2.34. The number of nitrogens with one attached hydrogen (secondary N) is 1. The van der Waals surface area contributed by atoms with E-state index in [1.807, 2.05) is 23.9 Å². The van der Waals surface area contributed by atoms with Gasteiger partial charge in [-0.2, -0.15) is 0 Å². The molecule has 0 saturated heterocycles. The number of thioether (sulfide) groups is 1. The summed E-state index contributed by atoms with van der Waals surface area (Å²) in [5, 5.41) is 3.13. The van der Waals surface area contributed by atoms with Gasteiger partial charge < -0.3 is 19.5 Å². The van der Waals surface area contributed by atoms with E-state index in [4.69, 9.17) is 14.2 Å². The number of fused-ring (bicyclic) bond motifs is 1. The van der Waals surface area contributed by atoms with E-state index in [-0.39, 0.29) is 11.9 Å². The monoisotopic (exact) mass is 359 g/mol. The lowest BCUT2D eigenvalue weighted by atomic mass is 10.0. The van der Waals surface area contributed by atoms with Crippen LogP contribution in [0.2, 0.25) is 0 Å². The number of ether oxygens (including phenoxy) is 3. The molecule has 6 heteroatoms. The van der Waals surface area contributed by atoms with Gasteiger partial charge >= 0.3 is 0 Å². The molecule has 1 atom stereocenters. The topological polar surface area (TPSA) is 56.8 Å². The second-order valence-electron chi connectivity index (χ2n) is 5.61. The van der Waals surface area contributed by atoms with Gasteiger partial charge in [-0.1, -0.05) is 18.2 Å². The first-order valence-electron chi connectivity index (χ1n) is 8.00. The van der Waals surface area contributed by atoms with Gasteiger partial charge in [0.15, 0.2) is 11.5 Å². The molecule has 0 unspecified atom stereocenters. The van der Waals surface area contributed by atoms with E-state index < -0.39 is 0 Å². The predicted octanol–water partition coefficient (Wildman–Crippen LogP) is 3.68. The quantitative estimate of drug-likeness (QED) is 0.883. The Balaban J connectivity index is 1.89. The van der Waals surface area contributed by atoms with Crippen molar-refractivity contribution in [2.75, 3.05) is 27.1 Å². The van der Waals surface area contributed by atoms with Crippen LogP contribution in [0, 0.1) is 0 Å². The van der Waals surface area contributed by atoms with Crippen molar-refractivity contribution in [2.24, 2.45) is 0 Å². The van der Waals surface area contributed by atoms with Gasteiger partial charge in [0.25, 0.3) is 5.91 Å². The van der Waals surface area contributed by atoms with E-state index in [1.165, 1.54) is 12.0 Å². The van der Waals surface area contributed by atoms with Crippen molar-refractivity contribution >= 4 is 17.7 Å². The summed E-state index contributed by atoms with van der Waals surface area (Å²) in [7, 11) is 4.62. The highest BCUT2D eigenvalue weighted by Crippen LogP contribution is 2.37. The smallest absolute Gasteiger partial charge is 0.255 e. The number of carbonyl (C=O) groups excluding carboxylic acids is 1. The lowest BCUT2D eigenvalue weighted by molar-refractivity contribution is 0.0931.